The molecule has 1 saturated heterocycles. The second kappa shape index (κ2) is 5.76. The van der Waals surface area contributed by atoms with Gasteiger partial charge >= 0.3 is 12.0 Å². The number of carboxylic acids is 1. The highest BCUT2D eigenvalue weighted by Gasteiger charge is 2.39. The molecule has 3 N–H and O–H groups in total. The highest BCUT2D eigenvalue weighted by Crippen LogP contribution is 2.25. The van der Waals surface area contributed by atoms with Crippen molar-refractivity contribution < 1.29 is 24.2 Å². The van der Waals surface area contributed by atoms with Crippen LogP contribution in [0.15, 0.2) is 22.7 Å². The minimum Gasteiger partial charge on any atom is -0.480 e. The molecule has 1 aromatic carbocycles. The van der Waals surface area contributed by atoms with Gasteiger partial charge in [-0.1, -0.05) is 0 Å². The Balaban J connectivity index is 2.15. The average molecular weight is 347 g/mol. The van der Waals surface area contributed by atoms with E-state index >= 15 is 0 Å². The summed E-state index contributed by atoms with van der Waals surface area (Å²) < 4.78 is 13.6. The Kier molecular flexibility index (Phi) is 4.24. The third-order valence-electron chi connectivity index (χ3n) is 2.99. The van der Waals surface area contributed by atoms with Crippen LogP contribution in [0.4, 0.5) is 14.9 Å². The first-order chi connectivity index (χ1) is 9.38. The highest BCUT2D eigenvalue weighted by molar-refractivity contribution is 9.10. The van der Waals surface area contributed by atoms with Gasteiger partial charge in [0.25, 0.3) is 0 Å². The molecular formula is C12H12BrFN2O4. The van der Waals surface area contributed by atoms with Crippen LogP contribution < -0.4 is 5.32 Å². The summed E-state index contributed by atoms with van der Waals surface area (Å²) in [5.41, 5.74) is 0.195. The molecule has 0 aromatic heterocycles. The molecule has 8 heteroatoms. The molecule has 0 unspecified atom stereocenters. The first kappa shape index (κ1) is 14.7. The number of aliphatic carboxylic acids is 1. The van der Waals surface area contributed by atoms with Crippen molar-refractivity contribution in [1.29, 1.82) is 0 Å². The molecule has 2 amide bonds. The van der Waals surface area contributed by atoms with E-state index in [0.717, 1.165) is 11.0 Å². The number of benzene rings is 1. The number of carbonyl (C=O) groups is 2. The Morgan fingerprint density at radius 2 is 2.15 bits per heavy atom. The average Bonchev–Trinajstić information content (AvgIpc) is 2.76. The van der Waals surface area contributed by atoms with Gasteiger partial charge in [-0.3, -0.25) is 0 Å². The van der Waals surface area contributed by atoms with Gasteiger partial charge in [0.1, 0.15) is 11.9 Å². The lowest BCUT2D eigenvalue weighted by Gasteiger charge is -2.21. The monoisotopic (exact) mass is 346 g/mol. The van der Waals surface area contributed by atoms with E-state index < -0.39 is 30.0 Å². The number of aliphatic hydroxyl groups is 1. The van der Waals surface area contributed by atoms with Crippen molar-refractivity contribution in [1.82, 2.24) is 4.90 Å². The first-order valence-electron chi connectivity index (χ1n) is 5.82. The molecule has 1 aromatic rings. The quantitative estimate of drug-likeness (QED) is 0.759. The molecule has 1 heterocycles. The van der Waals surface area contributed by atoms with Crippen LogP contribution >= 0.6 is 15.9 Å². The number of hydrogen-bond acceptors (Lipinski definition) is 3. The summed E-state index contributed by atoms with van der Waals surface area (Å²) in [7, 11) is 0. The molecule has 1 aliphatic rings. The SMILES string of the molecule is O=C(O)[C@@H]1C[C@H](O)CN1C(=O)Nc1cc(F)ccc1Br. The molecule has 0 spiro atoms. The topological polar surface area (TPSA) is 89.9 Å². The van der Waals surface area contributed by atoms with Crippen LogP contribution in [0.1, 0.15) is 6.42 Å². The number of hydrogen-bond donors (Lipinski definition) is 3. The van der Waals surface area contributed by atoms with E-state index in [1.165, 1.54) is 12.1 Å². The predicted molar refractivity (Wildman–Crippen MR) is 71.9 cm³/mol. The largest absolute Gasteiger partial charge is 0.480 e. The van der Waals surface area contributed by atoms with Crippen molar-refractivity contribution in [3.8, 4) is 0 Å². The fraction of sp³-hybridized carbons (Fsp3) is 0.333. The number of urea groups is 1. The molecule has 20 heavy (non-hydrogen) atoms. The number of aliphatic hydroxyl groups excluding tert-OH is 1. The maximum atomic E-state index is 13.1. The molecular weight excluding hydrogens is 335 g/mol. The van der Waals surface area contributed by atoms with Gasteiger partial charge < -0.3 is 20.4 Å². The number of anilines is 1. The Morgan fingerprint density at radius 3 is 2.80 bits per heavy atom. The van der Waals surface area contributed by atoms with Gasteiger partial charge in [0.05, 0.1) is 11.8 Å². The summed E-state index contributed by atoms with van der Waals surface area (Å²) in [6, 6.07) is 1.99. The molecule has 1 fully saturated rings. The van der Waals surface area contributed by atoms with Crippen molar-refractivity contribution in [3.63, 3.8) is 0 Å². The fourth-order valence-corrected chi connectivity index (χ4v) is 2.40. The minimum absolute atomic E-state index is 0.0208. The van der Waals surface area contributed by atoms with Crippen LogP contribution in [0.5, 0.6) is 0 Å². The number of amides is 2. The van der Waals surface area contributed by atoms with E-state index in [0.29, 0.717) is 4.47 Å². The van der Waals surface area contributed by atoms with E-state index in [1.807, 2.05) is 0 Å². The number of likely N-dealkylation sites (tertiary alicyclic amines) is 1. The van der Waals surface area contributed by atoms with Crippen molar-refractivity contribution in [2.45, 2.75) is 18.6 Å². The maximum absolute atomic E-state index is 13.1. The molecule has 0 bridgehead atoms. The summed E-state index contributed by atoms with van der Waals surface area (Å²) >= 11 is 3.16. The van der Waals surface area contributed by atoms with Gasteiger partial charge in [-0.2, -0.15) is 0 Å². The second-order valence-electron chi connectivity index (χ2n) is 4.45. The molecule has 0 saturated carbocycles. The zero-order valence-corrected chi connectivity index (χ0v) is 11.8. The van der Waals surface area contributed by atoms with E-state index in [-0.39, 0.29) is 18.7 Å². The lowest BCUT2D eigenvalue weighted by molar-refractivity contribution is -0.141. The van der Waals surface area contributed by atoms with Crippen LogP contribution in [0.2, 0.25) is 0 Å². The van der Waals surface area contributed by atoms with E-state index in [4.69, 9.17) is 5.11 Å². The number of β-amino-alcohol motifs (C(OH)–C–C–N with tert-alkyl or cyclic N) is 1. The van der Waals surface area contributed by atoms with Gasteiger partial charge in [0.2, 0.25) is 0 Å². The lowest BCUT2D eigenvalue weighted by atomic mass is 10.2. The van der Waals surface area contributed by atoms with Gasteiger partial charge in [0, 0.05) is 17.4 Å². The number of carboxylic acid groups (broad SMARTS) is 1. The van der Waals surface area contributed by atoms with Crippen LogP contribution in [0.3, 0.4) is 0 Å². The minimum atomic E-state index is -1.19. The van der Waals surface area contributed by atoms with E-state index in [1.54, 1.807) is 0 Å². The Hall–Kier alpha value is -1.67. The predicted octanol–water partition coefficient (Wildman–Crippen LogP) is 1.64. The molecule has 2 atom stereocenters. The van der Waals surface area contributed by atoms with Crippen molar-refractivity contribution in [2.24, 2.45) is 0 Å². The van der Waals surface area contributed by atoms with E-state index in [9.17, 15) is 19.1 Å². The number of nitrogens with one attached hydrogen (secondary N) is 1. The Morgan fingerprint density at radius 1 is 1.45 bits per heavy atom. The van der Waals surface area contributed by atoms with Gasteiger partial charge in [-0.25, -0.2) is 14.0 Å². The first-order valence-corrected chi connectivity index (χ1v) is 6.61. The van der Waals surface area contributed by atoms with Crippen molar-refractivity contribution >= 4 is 33.6 Å². The molecule has 1 aliphatic heterocycles. The second-order valence-corrected chi connectivity index (χ2v) is 5.30. The third kappa shape index (κ3) is 3.07. The molecule has 0 radical (unpaired) electrons. The van der Waals surface area contributed by atoms with Gasteiger partial charge in [0.15, 0.2) is 0 Å². The molecule has 6 nitrogen and oxygen atoms in total. The Bertz CT molecular complexity index is 554. The summed E-state index contributed by atoms with van der Waals surface area (Å²) in [5.74, 6) is -1.71. The van der Waals surface area contributed by atoms with E-state index in [2.05, 4.69) is 21.2 Å². The van der Waals surface area contributed by atoms with Gasteiger partial charge in [-0.05, 0) is 34.1 Å². The van der Waals surface area contributed by atoms with Crippen molar-refractivity contribution in [2.75, 3.05) is 11.9 Å². The summed E-state index contributed by atoms with van der Waals surface area (Å²) in [6.45, 7) is -0.0737. The lowest BCUT2D eigenvalue weighted by Crippen LogP contribution is -2.43. The fourth-order valence-electron chi connectivity index (χ4n) is 2.05. The van der Waals surface area contributed by atoms with Crippen LogP contribution in [-0.2, 0) is 4.79 Å². The standard InChI is InChI=1S/C12H12BrFN2O4/c13-8-2-1-6(14)3-9(8)15-12(20)16-5-7(17)4-10(16)11(18)19/h1-3,7,10,17H,4-5H2,(H,15,20)(H,18,19)/t7-,10-/m0/s1. The highest BCUT2D eigenvalue weighted by atomic mass is 79.9. The van der Waals surface area contributed by atoms with Crippen LogP contribution in [0.25, 0.3) is 0 Å². The summed E-state index contributed by atoms with van der Waals surface area (Å²) in [4.78, 5) is 24.1. The summed E-state index contributed by atoms with van der Waals surface area (Å²) in [6.07, 6.45) is -0.898. The summed E-state index contributed by atoms with van der Waals surface area (Å²) in [5, 5.41) is 20.9. The molecule has 108 valence electrons. The molecule has 2 rings (SSSR count). The van der Waals surface area contributed by atoms with Crippen LogP contribution in [0, 0.1) is 5.82 Å². The number of carbonyl (C=O) groups excluding carboxylic acids is 1. The maximum Gasteiger partial charge on any atom is 0.326 e. The molecule has 0 aliphatic carbocycles. The number of rotatable bonds is 2. The number of nitrogens with zero attached hydrogens (tertiary/aromatic N) is 1. The van der Waals surface area contributed by atoms with Crippen LogP contribution in [-0.4, -0.2) is 45.8 Å². The van der Waals surface area contributed by atoms with Crippen molar-refractivity contribution in [3.05, 3.63) is 28.5 Å². The third-order valence-corrected chi connectivity index (χ3v) is 3.69. The smallest absolute Gasteiger partial charge is 0.326 e. The zero-order valence-electron chi connectivity index (χ0n) is 10.2. The van der Waals surface area contributed by atoms with Gasteiger partial charge in [-0.15, -0.1) is 0 Å². The Labute approximate surface area is 122 Å². The zero-order chi connectivity index (χ0) is 14.9. The number of halogens is 2. The normalized spacial score (nSPS) is 21.9.